The highest BCUT2D eigenvalue weighted by Crippen LogP contribution is 2.10. The molecule has 92 valence electrons. The normalized spacial score (nSPS) is 22.1. The van der Waals surface area contributed by atoms with Crippen molar-refractivity contribution in [3.05, 3.63) is 5.21 Å². The number of hydrazine groups is 1. The first-order valence-corrected chi connectivity index (χ1v) is 5.10. The van der Waals surface area contributed by atoms with Gasteiger partial charge in [-0.25, -0.2) is 4.79 Å². The molecule has 1 heterocycles. The Bertz CT molecular complexity index is 283. The maximum Gasteiger partial charge on any atom is 0.409 e. The van der Waals surface area contributed by atoms with E-state index in [0.717, 1.165) is 0 Å². The molecule has 1 rings (SSSR count). The fourth-order valence-corrected chi connectivity index (χ4v) is 1.63. The molecule has 8 nitrogen and oxygen atoms in total. The number of nitrogens with zero attached hydrogens (tertiary/aromatic N) is 4. The molecule has 0 spiro atoms. The third kappa shape index (κ3) is 2.65. The third-order valence-corrected chi connectivity index (χ3v) is 2.41. The summed E-state index contributed by atoms with van der Waals surface area (Å²) >= 11 is 0. The highest BCUT2D eigenvalue weighted by molar-refractivity contribution is 5.67. The molecule has 1 aliphatic heterocycles. The number of hydrogen-bond acceptors (Lipinski definition) is 4. The van der Waals surface area contributed by atoms with E-state index < -0.39 is 0 Å². The lowest BCUT2D eigenvalue weighted by atomic mass is 10.2. The van der Waals surface area contributed by atoms with Crippen LogP contribution in [0.1, 0.15) is 13.8 Å². The van der Waals surface area contributed by atoms with Crippen molar-refractivity contribution >= 4 is 6.09 Å². The molecule has 1 atom stereocenters. The Morgan fingerprint density at radius 3 is 2.88 bits per heavy atom. The number of rotatable bonds is 2. The predicted octanol–water partition coefficient (Wildman–Crippen LogP) is 0.416. The van der Waals surface area contributed by atoms with Crippen LogP contribution in [0.3, 0.4) is 0 Å². The van der Waals surface area contributed by atoms with Gasteiger partial charge in [0.15, 0.2) is 0 Å². The van der Waals surface area contributed by atoms with E-state index >= 15 is 0 Å². The summed E-state index contributed by atoms with van der Waals surface area (Å²) in [5.41, 5.74) is 0. The fourth-order valence-electron chi connectivity index (χ4n) is 1.63. The Morgan fingerprint density at radius 1 is 1.69 bits per heavy atom. The summed E-state index contributed by atoms with van der Waals surface area (Å²) in [6, 6.07) is -0.216. The number of carbonyl (C=O) groups is 1. The maximum absolute atomic E-state index is 11.4. The summed E-state index contributed by atoms with van der Waals surface area (Å²) in [7, 11) is 0. The molecule has 0 aromatic carbocycles. The first-order chi connectivity index (χ1) is 7.60. The lowest BCUT2D eigenvalue weighted by Gasteiger charge is -2.35. The Hall–Kier alpha value is -1.73. The van der Waals surface area contributed by atoms with Gasteiger partial charge in [-0.2, -0.15) is 0 Å². The van der Waals surface area contributed by atoms with Gasteiger partial charge < -0.3 is 20.1 Å². The Balaban J connectivity index is 2.54. The Morgan fingerprint density at radius 2 is 2.38 bits per heavy atom. The second kappa shape index (κ2) is 5.38. The van der Waals surface area contributed by atoms with Crippen LogP contribution in [0.5, 0.6) is 0 Å². The standard InChI is InChI=1S/C8H16N4O4/c1-3-16-8(13)10-4-5-11(7(2)6-10)12(15)9-14/h7,14H,3-6H2,1-2H3. The van der Waals surface area contributed by atoms with Gasteiger partial charge in [0.2, 0.25) is 5.28 Å². The predicted molar refractivity (Wildman–Crippen MR) is 52.6 cm³/mol. The van der Waals surface area contributed by atoms with E-state index in [4.69, 9.17) is 9.94 Å². The van der Waals surface area contributed by atoms with Gasteiger partial charge in [0.05, 0.1) is 18.1 Å². The highest BCUT2D eigenvalue weighted by atomic mass is 16.6. The minimum atomic E-state index is -0.382. The maximum atomic E-state index is 11.4. The highest BCUT2D eigenvalue weighted by Gasteiger charge is 2.32. The summed E-state index contributed by atoms with van der Waals surface area (Å²) in [4.78, 5) is 13.1. The molecule has 8 heteroatoms. The average Bonchev–Trinajstić information content (AvgIpc) is 2.28. The lowest BCUT2D eigenvalue weighted by molar-refractivity contribution is -0.718. The molecule has 0 aliphatic carbocycles. The van der Waals surface area contributed by atoms with E-state index in [9.17, 15) is 10.0 Å². The van der Waals surface area contributed by atoms with Crippen molar-refractivity contribution in [3.8, 4) is 0 Å². The van der Waals surface area contributed by atoms with Gasteiger partial charge in [0, 0.05) is 13.1 Å². The van der Waals surface area contributed by atoms with Crippen molar-refractivity contribution in [2.45, 2.75) is 19.9 Å². The van der Waals surface area contributed by atoms with Gasteiger partial charge in [-0.05, 0) is 13.8 Å². The van der Waals surface area contributed by atoms with Gasteiger partial charge in [-0.3, -0.25) is 0 Å². The number of piperazine rings is 1. The van der Waals surface area contributed by atoms with Crippen LogP contribution in [0.15, 0.2) is 5.28 Å². The summed E-state index contributed by atoms with van der Waals surface area (Å²) < 4.78 is 4.86. The average molecular weight is 232 g/mol. The largest absolute Gasteiger partial charge is 0.569 e. The molecule has 0 bridgehead atoms. The minimum absolute atomic E-state index is 0.132. The molecule has 1 aliphatic rings. The summed E-state index contributed by atoms with van der Waals surface area (Å²) in [6.07, 6.45) is -0.382. The van der Waals surface area contributed by atoms with Crippen LogP contribution in [0.25, 0.3) is 0 Å². The molecular weight excluding hydrogens is 216 g/mol. The first kappa shape index (κ1) is 12.3. The topological polar surface area (TPSA) is 91.4 Å². The molecule has 0 aromatic rings. The van der Waals surface area contributed by atoms with Crippen molar-refractivity contribution < 1.29 is 19.7 Å². The summed E-state index contributed by atoms with van der Waals surface area (Å²) in [5.74, 6) is 0. The zero-order valence-corrected chi connectivity index (χ0v) is 9.37. The van der Waals surface area contributed by atoms with E-state index in [2.05, 4.69) is 5.28 Å². The molecule has 1 amide bonds. The molecule has 1 fully saturated rings. The Labute approximate surface area is 93.2 Å². The number of amides is 1. The molecule has 1 saturated heterocycles. The van der Waals surface area contributed by atoms with Crippen LogP contribution in [0.2, 0.25) is 0 Å². The van der Waals surface area contributed by atoms with E-state index in [-0.39, 0.29) is 17.1 Å². The van der Waals surface area contributed by atoms with Crippen LogP contribution in [-0.2, 0) is 4.74 Å². The first-order valence-electron chi connectivity index (χ1n) is 5.10. The SMILES string of the molecule is CCOC(=O)N1CCN([N+]([O-])=NO)C(C)C1. The number of hydrogen-bond donors (Lipinski definition) is 1. The monoisotopic (exact) mass is 232 g/mol. The van der Waals surface area contributed by atoms with Crippen LogP contribution in [-0.4, -0.2) is 58.5 Å². The van der Waals surface area contributed by atoms with Crippen molar-refractivity contribution in [2.75, 3.05) is 26.2 Å². The number of ether oxygens (including phenoxy) is 1. The molecule has 0 radical (unpaired) electrons. The van der Waals surface area contributed by atoms with Crippen molar-refractivity contribution in [3.63, 3.8) is 0 Å². The Kier molecular flexibility index (Phi) is 4.15. The van der Waals surface area contributed by atoms with Crippen molar-refractivity contribution in [1.29, 1.82) is 0 Å². The van der Waals surface area contributed by atoms with Gasteiger partial charge >= 0.3 is 6.09 Å². The molecular formula is C8H16N4O4. The van der Waals surface area contributed by atoms with Crippen molar-refractivity contribution in [2.24, 2.45) is 5.28 Å². The van der Waals surface area contributed by atoms with E-state index in [1.807, 2.05) is 0 Å². The van der Waals surface area contributed by atoms with Crippen molar-refractivity contribution in [1.82, 2.24) is 9.91 Å². The minimum Gasteiger partial charge on any atom is -0.569 e. The summed E-state index contributed by atoms with van der Waals surface area (Å²) in [6.45, 7) is 4.88. The van der Waals surface area contributed by atoms with Crippen LogP contribution >= 0.6 is 0 Å². The molecule has 1 unspecified atom stereocenters. The second-order valence-corrected chi connectivity index (χ2v) is 3.50. The third-order valence-electron chi connectivity index (χ3n) is 2.41. The fraction of sp³-hybridized carbons (Fsp3) is 0.875. The molecule has 0 saturated carbocycles. The van der Waals surface area contributed by atoms with Crippen LogP contribution in [0.4, 0.5) is 4.79 Å². The van der Waals surface area contributed by atoms with Gasteiger partial charge in [-0.15, -0.1) is 5.01 Å². The molecule has 0 aromatic heterocycles. The van der Waals surface area contributed by atoms with Gasteiger partial charge in [-0.1, -0.05) is 0 Å². The van der Waals surface area contributed by atoms with E-state index in [1.165, 1.54) is 9.91 Å². The molecule has 1 N–H and O–H groups in total. The second-order valence-electron chi connectivity index (χ2n) is 3.50. The van der Waals surface area contributed by atoms with Crippen LogP contribution in [0, 0.1) is 5.21 Å². The summed E-state index contributed by atoms with van der Waals surface area (Å²) in [5, 5.41) is 23.3. The lowest BCUT2D eigenvalue weighted by Crippen LogP contribution is -2.55. The van der Waals surface area contributed by atoms with Gasteiger partial charge in [0.1, 0.15) is 6.04 Å². The quantitative estimate of drug-likeness (QED) is 0.423. The van der Waals surface area contributed by atoms with Gasteiger partial charge in [0.25, 0.3) is 0 Å². The number of carbonyl (C=O) groups excluding carboxylic acids is 1. The zero-order valence-electron chi connectivity index (χ0n) is 9.37. The smallest absolute Gasteiger partial charge is 0.409 e. The zero-order chi connectivity index (χ0) is 12.1. The molecule has 16 heavy (non-hydrogen) atoms. The van der Waals surface area contributed by atoms with Crippen LogP contribution < -0.4 is 0 Å². The van der Waals surface area contributed by atoms with E-state index in [0.29, 0.717) is 26.2 Å². The van der Waals surface area contributed by atoms with E-state index in [1.54, 1.807) is 13.8 Å².